The lowest BCUT2D eigenvalue weighted by Gasteiger charge is -2.27. The molecule has 7 nitrogen and oxygen atoms in total. The van der Waals surface area contributed by atoms with Crippen molar-refractivity contribution >= 4 is 5.91 Å². The molecule has 1 aromatic heterocycles. The standard InChI is InChI=1S/C26H32N4O3/c1-4-28-15-14-23-21(18-28)22(27-30(23)24-12-8-9-13-25(24)33-3)19-29(16-17-32-2)26(31)20-10-6-5-7-11-20/h5-13H,4,14-19H2,1-3H3. The number of benzene rings is 2. The van der Waals surface area contributed by atoms with E-state index in [0.717, 1.165) is 43.2 Å². The predicted molar refractivity (Wildman–Crippen MR) is 128 cm³/mol. The molecule has 1 aliphatic heterocycles. The van der Waals surface area contributed by atoms with Gasteiger partial charge in [0.2, 0.25) is 0 Å². The topological polar surface area (TPSA) is 59.8 Å². The number of aromatic nitrogens is 2. The van der Waals surface area contributed by atoms with Crippen LogP contribution in [0.15, 0.2) is 54.6 Å². The van der Waals surface area contributed by atoms with E-state index in [2.05, 4.69) is 11.8 Å². The minimum atomic E-state index is -0.0172. The summed E-state index contributed by atoms with van der Waals surface area (Å²) in [7, 11) is 3.34. The first-order chi connectivity index (χ1) is 16.2. The number of likely N-dealkylation sites (N-methyl/N-ethyl adjacent to an activating group) is 1. The van der Waals surface area contributed by atoms with Crippen LogP contribution in [0.4, 0.5) is 0 Å². The lowest BCUT2D eigenvalue weighted by molar-refractivity contribution is 0.0676. The molecular formula is C26H32N4O3. The highest BCUT2D eigenvalue weighted by atomic mass is 16.5. The molecule has 0 radical (unpaired) electrons. The van der Waals surface area contributed by atoms with Gasteiger partial charge < -0.3 is 14.4 Å². The molecule has 0 saturated carbocycles. The Labute approximate surface area is 195 Å². The van der Waals surface area contributed by atoms with Crippen molar-refractivity contribution in [2.24, 2.45) is 0 Å². The molecule has 33 heavy (non-hydrogen) atoms. The Kier molecular flexibility index (Phi) is 7.42. The van der Waals surface area contributed by atoms with E-state index in [1.165, 1.54) is 11.3 Å². The first kappa shape index (κ1) is 23.0. The largest absolute Gasteiger partial charge is 0.494 e. The fraction of sp³-hybridized carbons (Fsp3) is 0.385. The van der Waals surface area contributed by atoms with Crippen LogP contribution in [0, 0.1) is 0 Å². The first-order valence-electron chi connectivity index (χ1n) is 11.4. The van der Waals surface area contributed by atoms with Crippen molar-refractivity contribution in [2.75, 3.05) is 40.5 Å². The highest BCUT2D eigenvalue weighted by Crippen LogP contribution is 2.30. The lowest BCUT2D eigenvalue weighted by atomic mass is 10.0. The van der Waals surface area contributed by atoms with Gasteiger partial charge in [0.1, 0.15) is 11.4 Å². The molecule has 0 saturated heterocycles. The Morgan fingerprint density at radius 1 is 1.09 bits per heavy atom. The van der Waals surface area contributed by atoms with Gasteiger partial charge in [-0.25, -0.2) is 4.68 Å². The monoisotopic (exact) mass is 448 g/mol. The summed E-state index contributed by atoms with van der Waals surface area (Å²) in [4.78, 5) is 17.6. The molecule has 2 aromatic carbocycles. The molecule has 2 heterocycles. The molecule has 0 atom stereocenters. The number of carbonyl (C=O) groups excluding carboxylic acids is 1. The van der Waals surface area contributed by atoms with Gasteiger partial charge in [0.25, 0.3) is 5.91 Å². The number of amides is 1. The third-order valence-electron chi connectivity index (χ3n) is 6.19. The van der Waals surface area contributed by atoms with Crippen LogP contribution in [0.5, 0.6) is 5.75 Å². The van der Waals surface area contributed by atoms with Crippen molar-refractivity contribution in [1.82, 2.24) is 19.6 Å². The van der Waals surface area contributed by atoms with Gasteiger partial charge in [-0.05, 0) is 30.8 Å². The van der Waals surface area contributed by atoms with Crippen molar-refractivity contribution in [3.8, 4) is 11.4 Å². The second kappa shape index (κ2) is 10.6. The summed E-state index contributed by atoms with van der Waals surface area (Å²) in [6.45, 7) is 6.37. The number of fused-ring (bicyclic) bond motifs is 1. The SMILES string of the molecule is CCN1CCc2c(c(CN(CCOC)C(=O)c3ccccc3)nn2-c2ccccc2OC)C1. The molecule has 3 aromatic rings. The molecule has 174 valence electrons. The summed E-state index contributed by atoms with van der Waals surface area (Å²) < 4.78 is 12.9. The fourth-order valence-electron chi connectivity index (χ4n) is 4.34. The molecule has 4 rings (SSSR count). The predicted octanol–water partition coefficient (Wildman–Crippen LogP) is 3.55. The zero-order chi connectivity index (χ0) is 23.2. The Morgan fingerprint density at radius 2 is 1.85 bits per heavy atom. The molecule has 0 bridgehead atoms. The summed E-state index contributed by atoms with van der Waals surface area (Å²) in [5.41, 5.74) is 4.91. The van der Waals surface area contributed by atoms with E-state index in [1.54, 1.807) is 14.2 Å². The van der Waals surface area contributed by atoms with Gasteiger partial charge in [-0.3, -0.25) is 9.69 Å². The number of rotatable bonds is 9. The van der Waals surface area contributed by atoms with Crippen molar-refractivity contribution < 1.29 is 14.3 Å². The molecule has 0 aliphatic carbocycles. The summed E-state index contributed by atoms with van der Waals surface area (Å²) >= 11 is 0. The van der Waals surface area contributed by atoms with Crippen LogP contribution in [-0.2, 0) is 24.2 Å². The van der Waals surface area contributed by atoms with Crippen LogP contribution in [0.3, 0.4) is 0 Å². The van der Waals surface area contributed by atoms with Crippen LogP contribution < -0.4 is 4.74 Å². The molecular weight excluding hydrogens is 416 g/mol. The van der Waals surface area contributed by atoms with Crippen molar-refractivity contribution in [3.63, 3.8) is 0 Å². The summed E-state index contributed by atoms with van der Waals surface area (Å²) in [5.74, 6) is 0.764. The van der Waals surface area contributed by atoms with Gasteiger partial charge in [0.15, 0.2) is 0 Å². The van der Waals surface area contributed by atoms with Crippen LogP contribution >= 0.6 is 0 Å². The molecule has 7 heteroatoms. The van der Waals surface area contributed by atoms with E-state index in [0.29, 0.717) is 25.3 Å². The van der Waals surface area contributed by atoms with Gasteiger partial charge in [0.05, 0.1) is 31.6 Å². The van der Waals surface area contributed by atoms with E-state index in [9.17, 15) is 4.79 Å². The quantitative estimate of drug-likeness (QED) is 0.501. The highest BCUT2D eigenvalue weighted by Gasteiger charge is 2.28. The fourth-order valence-corrected chi connectivity index (χ4v) is 4.34. The summed E-state index contributed by atoms with van der Waals surface area (Å²) in [6, 6.07) is 17.3. The van der Waals surface area contributed by atoms with E-state index in [1.807, 2.05) is 64.2 Å². The zero-order valence-electron chi connectivity index (χ0n) is 19.7. The second-order valence-electron chi connectivity index (χ2n) is 8.16. The highest BCUT2D eigenvalue weighted by molar-refractivity contribution is 5.94. The number of carbonyl (C=O) groups is 1. The van der Waals surface area contributed by atoms with Crippen LogP contribution in [0.25, 0.3) is 5.69 Å². The van der Waals surface area contributed by atoms with Gasteiger partial charge in [-0.2, -0.15) is 5.10 Å². The maximum absolute atomic E-state index is 13.3. The second-order valence-corrected chi connectivity index (χ2v) is 8.16. The van der Waals surface area contributed by atoms with Gasteiger partial charge in [0, 0.05) is 44.3 Å². The average molecular weight is 449 g/mol. The molecule has 0 N–H and O–H groups in total. The summed E-state index contributed by atoms with van der Waals surface area (Å²) in [5, 5.41) is 5.04. The van der Waals surface area contributed by atoms with E-state index >= 15 is 0 Å². The third kappa shape index (κ3) is 4.94. The van der Waals surface area contributed by atoms with E-state index in [-0.39, 0.29) is 5.91 Å². The number of nitrogens with zero attached hydrogens (tertiary/aromatic N) is 4. The van der Waals surface area contributed by atoms with Crippen molar-refractivity contribution in [1.29, 1.82) is 0 Å². The minimum Gasteiger partial charge on any atom is -0.494 e. The maximum Gasteiger partial charge on any atom is 0.254 e. The van der Waals surface area contributed by atoms with Crippen molar-refractivity contribution in [2.45, 2.75) is 26.4 Å². The Hall–Kier alpha value is -3.16. The first-order valence-corrected chi connectivity index (χ1v) is 11.4. The molecule has 0 spiro atoms. The Balaban J connectivity index is 1.73. The van der Waals surface area contributed by atoms with Crippen LogP contribution in [-0.4, -0.2) is 65.9 Å². The molecule has 1 aliphatic rings. The molecule has 0 unspecified atom stereocenters. The number of methoxy groups -OCH3 is 2. The van der Waals surface area contributed by atoms with Crippen LogP contribution in [0.2, 0.25) is 0 Å². The van der Waals surface area contributed by atoms with E-state index < -0.39 is 0 Å². The number of ether oxygens (including phenoxy) is 2. The number of para-hydroxylation sites is 2. The van der Waals surface area contributed by atoms with Crippen molar-refractivity contribution in [3.05, 3.63) is 77.1 Å². The third-order valence-corrected chi connectivity index (χ3v) is 6.19. The lowest BCUT2D eigenvalue weighted by Crippen LogP contribution is -2.35. The maximum atomic E-state index is 13.3. The molecule has 1 amide bonds. The zero-order valence-corrected chi connectivity index (χ0v) is 19.7. The number of hydrogen-bond donors (Lipinski definition) is 0. The minimum absolute atomic E-state index is 0.0172. The average Bonchev–Trinajstić information content (AvgIpc) is 3.23. The normalized spacial score (nSPS) is 13.5. The number of hydrogen-bond acceptors (Lipinski definition) is 5. The smallest absolute Gasteiger partial charge is 0.254 e. The van der Waals surface area contributed by atoms with E-state index in [4.69, 9.17) is 14.6 Å². The van der Waals surface area contributed by atoms with Gasteiger partial charge >= 0.3 is 0 Å². The van der Waals surface area contributed by atoms with Gasteiger partial charge in [-0.15, -0.1) is 0 Å². The Bertz CT molecular complexity index is 1080. The molecule has 0 fully saturated rings. The summed E-state index contributed by atoms with van der Waals surface area (Å²) in [6.07, 6.45) is 0.902. The van der Waals surface area contributed by atoms with Crippen LogP contribution in [0.1, 0.15) is 34.2 Å². The Morgan fingerprint density at radius 3 is 2.58 bits per heavy atom. The van der Waals surface area contributed by atoms with Gasteiger partial charge in [-0.1, -0.05) is 37.3 Å².